The van der Waals surface area contributed by atoms with Crippen LogP contribution in [-0.2, 0) is 0 Å². The fraction of sp³-hybridized carbons (Fsp3) is 0. The number of nitrogens with one attached hydrogen (secondary N) is 1. The van der Waals surface area contributed by atoms with E-state index in [-0.39, 0.29) is 0 Å². The molecule has 4 nitrogen and oxygen atoms in total. The molecule has 0 spiro atoms. The highest BCUT2D eigenvalue weighted by atomic mass is 15.2. The van der Waals surface area contributed by atoms with E-state index in [4.69, 9.17) is 0 Å². The molecule has 0 fully saturated rings. The Kier molecular flexibility index (Phi) is 1.41. The van der Waals surface area contributed by atoms with E-state index in [1.54, 1.807) is 18.6 Å². The topological polar surface area (TPSA) is 46.0 Å². The number of hydrogen-bond donors (Lipinski definition) is 1. The summed E-state index contributed by atoms with van der Waals surface area (Å²) in [5, 5.41) is 3.10. The second kappa shape index (κ2) is 2.70. The fourth-order valence-corrected chi connectivity index (χ4v) is 1.55. The molecule has 0 amide bonds. The van der Waals surface area contributed by atoms with Gasteiger partial charge in [-0.3, -0.25) is 10.1 Å². The molecular weight excluding hydrogens is 176 g/mol. The van der Waals surface area contributed by atoms with E-state index in [0.717, 1.165) is 16.8 Å². The maximum Gasteiger partial charge on any atom is 0.160 e. The first-order valence-corrected chi connectivity index (χ1v) is 4.36. The number of pyridine rings is 1. The van der Waals surface area contributed by atoms with Crippen molar-refractivity contribution in [1.29, 1.82) is 0 Å². The molecule has 0 aliphatic rings. The third kappa shape index (κ3) is 0.939. The predicted octanol–water partition coefficient (Wildman–Crippen LogP) is 1.72. The summed E-state index contributed by atoms with van der Waals surface area (Å²) in [6.07, 6.45) is 9.16. The standard InChI is InChI=1S/C10H8N4/c1-3-11-4-2-8(1)9-7-13-14-6-5-12-10(9)14/h1-7,13H. The molecule has 0 bridgehead atoms. The van der Waals surface area contributed by atoms with Crippen LogP contribution < -0.4 is 0 Å². The summed E-state index contributed by atoms with van der Waals surface area (Å²) in [6.45, 7) is 0. The SMILES string of the molecule is c1cc(-c2c[nH]n3ccnc23)ccn1. The van der Waals surface area contributed by atoms with Crippen molar-refractivity contribution in [2.75, 3.05) is 0 Å². The molecule has 14 heavy (non-hydrogen) atoms. The molecule has 3 rings (SSSR count). The summed E-state index contributed by atoms with van der Waals surface area (Å²) in [5.74, 6) is 0. The number of hydrogen-bond acceptors (Lipinski definition) is 2. The van der Waals surface area contributed by atoms with Crippen LogP contribution in [0.25, 0.3) is 16.8 Å². The Morgan fingerprint density at radius 1 is 1.14 bits per heavy atom. The van der Waals surface area contributed by atoms with Gasteiger partial charge in [0.05, 0.1) is 0 Å². The van der Waals surface area contributed by atoms with Crippen LogP contribution >= 0.6 is 0 Å². The summed E-state index contributed by atoms with van der Waals surface area (Å²) < 4.78 is 1.88. The van der Waals surface area contributed by atoms with Gasteiger partial charge in [0, 0.05) is 36.5 Å². The van der Waals surface area contributed by atoms with Gasteiger partial charge in [-0.15, -0.1) is 0 Å². The van der Waals surface area contributed by atoms with Crippen LogP contribution in [0.1, 0.15) is 0 Å². The Bertz CT molecular complexity index is 550. The van der Waals surface area contributed by atoms with Crippen molar-refractivity contribution < 1.29 is 0 Å². The molecular formula is C10H8N4. The van der Waals surface area contributed by atoms with E-state index in [1.165, 1.54) is 0 Å². The lowest BCUT2D eigenvalue weighted by Crippen LogP contribution is -1.79. The van der Waals surface area contributed by atoms with Crippen LogP contribution in [0.2, 0.25) is 0 Å². The largest absolute Gasteiger partial charge is 0.299 e. The predicted molar refractivity (Wildman–Crippen MR) is 52.8 cm³/mol. The summed E-state index contributed by atoms with van der Waals surface area (Å²) in [7, 11) is 0. The van der Waals surface area contributed by atoms with Gasteiger partial charge in [0.15, 0.2) is 5.65 Å². The van der Waals surface area contributed by atoms with Crippen molar-refractivity contribution in [3.05, 3.63) is 43.1 Å². The minimum Gasteiger partial charge on any atom is -0.299 e. The molecule has 1 N–H and O–H groups in total. The van der Waals surface area contributed by atoms with Gasteiger partial charge in [-0.25, -0.2) is 9.50 Å². The van der Waals surface area contributed by atoms with E-state index in [1.807, 2.05) is 29.0 Å². The van der Waals surface area contributed by atoms with Crippen LogP contribution in [0.15, 0.2) is 43.1 Å². The first-order valence-electron chi connectivity index (χ1n) is 4.36. The molecule has 0 aromatic carbocycles. The quantitative estimate of drug-likeness (QED) is 0.626. The number of H-pyrrole nitrogens is 1. The van der Waals surface area contributed by atoms with Gasteiger partial charge < -0.3 is 0 Å². The lowest BCUT2D eigenvalue weighted by Gasteiger charge is -1.94. The fourth-order valence-electron chi connectivity index (χ4n) is 1.55. The van der Waals surface area contributed by atoms with E-state index >= 15 is 0 Å². The summed E-state index contributed by atoms with van der Waals surface area (Å²) in [4.78, 5) is 8.25. The zero-order valence-corrected chi connectivity index (χ0v) is 7.38. The smallest absolute Gasteiger partial charge is 0.160 e. The second-order valence-electron chi connectivity index (χ2n) is 3.04. The Hall–Kier alpha value is -2.10. The summed E-state index contributed by atoms with van der Waals surface area (Å²) in [5.41, 5.74) is 3.16. The van der Waals surface area contributed by atoms with Gasteiger partial charge in [0.1, 0.15) is 0 Å². The molecule has 0 aliphatic carbocycles. The average molecular weight is 184 g/mol. The van der Waals surface area contributed by atoms with Crippen LogP contribution in [0.3, 0.4) is 0 Å². The molecule has 0 unspecified atom stereocenters. The van der Waals surface area contributed by atoms with Crippen molar-refractivity contribution in [2.24, 2.45) is 0 Å². The second-order valence-corrected chi connectivity index (χ2v) is 3.04. The molecule has 4 heteroatoms. The lowest BCUT2D eigenvalue weighted by atomic mass is 10.1. The van der Waals surface area contributed by atoms with Gasteiger partial charge in [-0.2, -0.15) is 0 Å². The molecule has 3 heterocycles. The summed E-state index contributed by atoms with van der Waals surface area (Å²) in [6, 6.07) is 3.94. The highest BCUT2D eigenvalue weighted by Gasteiger charge is 2.05. The number of rotatable bonds is 1. The van der Waals surface area contributed by atoms with Gasteiger partial charge >= 0.3 is 0 Å². The number of fused-ring (bicyclic) bond motifs is 1. The van der Waals surface area contributed by atoms with Crippen molar-refractivity contribution in [3.63, 3.8) is 0 Å². The van der Waals surface area contributed by atoms with Crippen molar-refractivity contribution in [3.8, 4) is 11.1 Å². The van der Waals surface area contributed by atoms with Crippen LogP contribution in [0.4, 0.5) is 0 Å². The highest BCUT2D eigenvalue weighted by Crippen LogP contribution is 2.21. The van der Waals surface area contributed by atoms with Gasteiger partial charge in [-0.1, -0.05) is 0 Å². The van der Waals surface area contributed by atoms with E-state index < -0.39 is 0 Å². The van der Waals surface area contributed by atoms with Gasteiger partial charge in [0.2, 0.25) is 0 Å². The maximum atomic E-state index is 4.27. The van der Waals surface area contributed by atoms with E-state index in [0.29, 0.717) is 0 Å². The molecule has 3 aromatic heterocycles. The molecule has 0 saturated heterocycles. The highest BCUT2D eigenvalue weighted by molar-refractivity contribution is 5.76. The van der Waals surface area contributed by atoms with Gasteiger partial charge in [-0.05, 0) is 17.7 Å². The van der Waals surface area contributed by atoms with Gasteiger partial charge in [0.25, 0.3) is 0 Å². The van der Waals surface area contributed by atoms with E-state index in [2.05, 4.69) is 15.1 Å². The molecule has 0 aliphatic heterocycles. The van der Waals surface area contributed by atoms with E-state index in [9.17, 15) is 0 Å². The minimum atomic E-state index is 0.941. The van der Waals surface area contributed by atoms with Crippen molar-refractivity contribution in [2.45, 2.75) is 0 Å². The first kappa shape index (κ1) is 7.32. The Labute approximate surface area is 80.2 Å². The molecule has 0 saturated carbocycles. The van der Waals surface area contributed by atoms with Crippen molar-refractivity contribution >= 4 is 5.65 Å². The first-order chi connectivity index (χ1) is 6.95. The molecule has 0 radical (unpaired) electrons. The van der Waals surface area contributed by atoms with Crippen LogP contribution in [-0.4, -0.2) is 19.6 Å². The lowest BCUT2D eigenvalue weighted by molar-refractivity contribution is 0.973. The number of aromatic amines is 1. The summed E-state index contributed by atoms with van der Waals surface area (Å²) >= 11 is 0. The number of imidazole rings is 1. The average Bonchev–Trinajstić information content (AvgIpc) is 2.79. The molecule has 0 atom stereocenters. The zero-order chi connectivity index (χ0) is 9.38. The van der Waals surface area contributed by atoms with Crippen LogP contribution in [0.5, 0.6) is 0 Å². The Morgan fingerprint density at radius 3 is 2.86 bits per heavy atom. The third-order valence-electron chi connectivity index (χ3n) is 2.22. The minimum absolute atomic E-state index is 0.941. The van der Waals surface area contributed by atoms with Crippen LogP contribution in [0, 0.1) is 0 Å². The monoisotopic (exact) mass is 184 g/mol. The van der Waals surface area contributed by atoms with Crippen molar-refractivity contribution in [1.82, 2.24) is 19.6 Å². The number of nitrogens with zero attached hydrogens (tertiary/aromatic N) is 3. The Balaban J connectivity index is 2.28. The molecule has 3 aromatic rings. The maximum absolute atomic E-state index is 4.27. The molecule has 68 valence electrons. The Morgan fingerprint density at radius 2 is 2.00 bits per heavy atom. The third-order valence-corrected chi connectivity index (χ3v) is 2.22. The normalized spacial score (nSPS) is 10.9. The zero-order valence-electron chi connectivity index (χ0n) is 7.38. The number of aromatic nitrogens is 4.